The molecular weight excluding hydrogens is 891 g/mol. The van der Waals surface area contributed by atoms with Crippen molar-refractivity contribution in [1.82, 2.24) is 15.0 Å². The number of hydrogen-bond acceptors (Lipinski definition) is 4. The van der Waals surface area contributed by atoms with E-state index in [2.05, 4.69) is 261 Å². The van der Waals surface area contributed by atoms with Crippen molar-refractivity contribution in [3.05, 3.63) is 283 Å². The third-order valence-electron chi connectivity index (χ3n) is 14.7. The van der Waals surface area contributed by atoms with Gasteiger partial charge in [-0.15, -0.1) is 11.3 Å². The van der Waals surface area contributed by atoms with Gasteiger partial charge >= 0.3 is 0 Å². The highest BCUT2D eigenvalue weighted by molar-refractivity contribution is 7.26. The second-order valence-corrected chi connectivity index (χ2v) is 19.7. The minimum absolute atomic E-state index is 0.555. The highest BCUT2D eigenvalue weighted by Crippen LogP contribution is 2.58. The molecule has 0 unspecified atom stereocenters. The Kier molecular flexibility index (Phi) is 9.94. The normalized spacial score (nSPS) is 12.6. The van der Waals surface area contributed by atoms with Gasteiger partial charge in [-0.25, -0.2) is 15.0 Å². The summed E-state index contributed by atoms with van der Waals surface area (Å²) < 4.78 is 2.64. The Morgan fingerprint density at radius 3 is 1.42 bits per heavy atom. The zero-order valence-electron chi connectivity index (χ0n) is 39.1. The lowest BCUT2D eigenvalue weighted by molar-refractivity contribution is 0.768. The molecule has 1 aliphatic rings. The van der Waals surface area contributed by atoms with E-state index in [0.717, 1.165) is 38.9 Å². The number of fused-ring (bicyclic) bond motifs is 7. The molecule has 0 spiro atoms. The molecule has 11 aromatic carbocycles. The van der Waals surface area contributed by atoms with E-state index in [4.69, 9.17) is 15.0 Å². The summed E-state index contributed by atoms with van der Waals surface area (Å²) in [5.74, 6) is 1.87. The molecule has 13 aromatic rings. The molecule has 0 saturated heterocycles. The van der Waals surface area contributed by atoms with Crippen molar-refractivity contribution in [2.75, 3.05) is 0 Å². The maximum absolute atomic E-state index is 5.41. The summed E-state index contributed by atoms with van der Waals surface area (Å²) in [7, 11) is 0. The standard InChI is InChI=1S/C68H43N3S/c1-3-18-51(19-4-1)68(52-20-5-2-6-21-52)60-29-11-9-24-58(60)63-59(28-15-30-61(63)68)67-70-65(69-66(71-67)50-42-38-47(39-43-50)54-25-13-17-46-16-7-8-22-53(46)54)49-40-34-45(35-41-49)44-32-36-48(37-33-44)55-26-14-27-57-56-23-10-12-31-62(56)72-64(55)57/h1-43H. The monoisotopic (exact) mass is 933 g/mol. The van der Waals surface area contributed by atoms with Crippen molar-refractivity contribution in [2.45, 2.75) is 5.41 Å². The predicted octanol–water partition coefficient (Wildman–Crippen LogP) is 17.8. The van der Waals surface area contributed by atoms with E-state index < -0.39 is 5.41 Å². The van der Waals surface area contributed by atoms with Gasteiger partial charge in [0.05, 0.1) is 5.41 Å². The smallest absolute Gasteiger partial charge is 0.164 e. The van der Waals surface area contributed by atoms with Gasteiger partial charge in [0.25, 0.3) is 0 Å². The Morgan fingerprint density at radius 1 is 0.278 bits per heavy atom. The van der Waals surface area contributed by atoms with Crippen LogP contribution in [0.4, 0.5) is 0 Å². The molecule has 0 N–H and O–H groups in total. The van der Waals surface area contributed by atoms with Gasteiger partial charge in [-0.2, -0.15) is 0 Å². The third-order valence-corrected chi connectivity index (χ3v) is 15.9. The lowest BCUT2D eigenvalue weighted by Gasteiger charge is -2.33. The number of benzene rings is 11. The van der Waals surface area contributed by atoms with Crippen molar-refractivity contribution in [3.63, 3.8) is 0 Å². The van der Waals surface area contributed by atoms with Gasteiger partial charge in [-0.3, -0.25) is 0 Å². The molecule has 1 aliphatic carbocycles. The number of nitrogens with zero attached hydrogens (tertiary/aromatic N) is 3. The van der Waals surface area contributed by atoms with Crippen molar-refractivity contribution >= 4 is 42.3 Å². The Bertz CT molecular complexity index is 4130. The van der Waals surface area contributed by atoms with Crippen LogP contribution in [0.2, 0.25) is 0 Å². The van der Waals surface area contributed by atoms with Crippen LogP contribution in [0, 0.1) is 0 Å². The van der Waals surface area contributed by atoms with E-state index >= 15 is 0 Å². The molecule has 2 heterocycles. The van der Waals surface area contributed by atoms with E-state index in [-0.39, 0.29) is 0 Å². The van der Waals surface area contributed by atoms with Crippen LogP contribution in [-0.4, -0.2) is 15.0 Å². The highest BCUT2D eigenvalue weighted by atomic mass is 32.1. The molecule has 0 fully saturated rings. The molecule has 0 atom stereocenters. The van der Waals surface area contributed by atoms with Crippen LogP contribution in [0.3, 0.4) is 0 Å². The minimum Gasteiger partial charge on any atom is -0.208 e. The first-order valence-electron chi connectivity index (χ1n) is 24.5. The SMILES string of the molecule is c1ccc(C2(c3ccccc3)c3ccccc3-c3c(-c4nc(-c5ccc(-c6ccc(-c7cccc8c7sc7ccccc78)cc6)cc5)nc(-c5ccc(-c6cccc7ccccc67)cc5)n4)cccc32)cc1. The fourth-order valence-corrected chi connectivity index (χ4v) is 12.6. The average Bonchev–Trinajstić information content (AvgIpc) is 4.00. The number of rotatable bonds is 8. The van der Waals surface area contributed by atoms with Gasteiger partial charge in [0.2, 0.25) is 0 Å². The lowest BCUT2D eigenvalue weighted by atomic mass is 9.67. The number of aromatic nitrogens is 3. The summed E-state index contributed by atoms with van der Waals surface area (Å²) in [6.07, 6.45) is 0. The molecule has 3 nitrogen and oxygen atoms in total. The molecule has 4 heteroatoms. The second-order valence-electron chi connectivity index (χ2n) is 18.6. The van der Waals surface area contributed by atoms with E-state index in [0.29, 0.717) is 17.5 Å². The number of thiophene rings is 1. The summed E-state index contributed by atoms with van der Waals surface area (Å²) in [4.78, 5) is 16.1. The molecular formula is C68H43N3S. The van der Waals surface area contributed by atoms with Gasteiger partial charge < -0.3 is 0 Å². The second kappa shape index (κ2) is 17.1. The molecule has 0 radical (unpaired) electrons. The maximum Gasteiger partial charge on any atom is 0.164 e. The predicted molar refractivity (Wildman–Crippen MR) is 300 cm³/mol. The van der Waals surface area contributed by atoms with Gasteiger partial charge in [-0.1, -0.05) is 255 Å². The molecule has 2 aromatic heterocycles. The maximum atomic E-state index is 5.41. The number of hydrogen-bond donors (Lipinski definition) is 0. The van der Waals surface area contributed by atoms with E-state index in [1.807, 2.05) is 11.3 Å². The van der Waals surface area contributed by atoms with Crippen LogP contribution >= 0.6 is 11.3 Å². The van der Waals surface area contributed by atoms with Gasteiger partial charge in [0.15, 0.2) is 17.5 Å². The summed E-state index contributed by atoms with van der Waals surface area (Å²) in [5.41, 5.74) is 16.5. The molecule has 0 saturated carbocycles. The Labute approximate surface area is 422 Å². The van der Waals surface area contributed by atoms with E-state index in [1.54, 1.807) is 0 Å². The summed E-state index contributed by atoms with van der Waals surface area (Å²) in [6, 6.07) is 94.0. The summed E-state index contributed by atoms with van der Waals surface area (Å²) in [6.45, 7) is 0. The van der Waals surface area contributed by atoms with Crippen molar-refractivity contribution in [3.8, 4) is 78.7 Å². The minimum atomic E-state index is -0.555. The van der Waals surface area contributed by atoms with Crippen LogP contribution in [0.25, 0.3) is 110 Å². The molecule has 0 aliphatic heterocycles. The van der Waals surface area contributed by atoms with Crippen LogP contribution in [0.1, 0.15) is 22.3 Å². The highest BCUT2D eigenvalue weighted by Gasteiger charge is 2.47. The first-order chi connectivity index (χ1) is 35.7. The Balaban J connectivity index is 0.894. The molecule has 0 bridgehead atoms. The van der Waals surface area contributed by atoms with Gasteiger partial charge in [0, 0.05) is 36.9 Å². The average molecular weight is 934 g/mol. The molecule has 0 amide bonds. The van der Waals surface area contributed by atoms with Crippen LogP contribution in [0.15, 0.2) is 261 Å². The first-order valence-corrected chi connectivity index (χ1v) is 25.3. The lowest BCUT2D eigenvalue weighted by Crippen LogP contribution is -2.28. The fraction of sp³-hybridized carbons (Fsp3) is 0.0147. The van der Waals surface area contributed by atoms with Crippen LogP contribution in [-0.2, 0) is 5.41 Å². The zero-order valence-corrected chi connectivity index (χ0v) is 39.9. The van der Waals surface area contributed by atoms with Crippen LogP contribution < -0.4 is 0 Å². The largest absolute Gasteiger partial charge is 0.208 e. The third kappa shape index (κ3) is 6.75. The van der Waals surface area contributed by atoms with E-state index in [9.17, 15) is 0 Å². The van der Waals surface area contributed by atoms with Crippen LogP contribution in [0.5, 0.6) is 0 Å². The van der Waals surface area contributed by atoms with Gasteiger partial charge in [-0.05, 0) is 83.6 Å². The van der Waals surface area contributed by atoms with E-state index in [1.165, 1.54) is 75.5 Å². The molecule has 336 valence electrons. The van der Waals surface area contributed by atoms with Crippen molar-refractivity contribution < 1.29 is 0 Å². The Hall–Kier alpha value is -9.09. The fourth-order valence-electron chi connectivity index (χ4n) is 11.3. The Morgan fingerprint density at radius 2 is 0.722 bits per heavy atom. The zero-order chi connectivity index (χ0) is 47.6. The van der Waals surface area contributed by atoms with Crippen molar-refractivity contribution in [1.29, 1.82) is 0 Å². The quantitative estimate of drug-likeness (QED) is 0.152. The molecule has 72 heavy (non-hydrogen) atoms. The van der Waals surface area contributed by atoms with Gasteiger partial charge in [0.1, 0.15) is 0 Å². The van der Waals surface area contributed by atoms with Crippen molar-refractivity contribution in [2.24, 2.45) is 0 Å². The first kappa shape index (κ1) is 41.8. The molecule has 14 rings (SSSR count). The summed E-state index contributed by atoms with van der Waals surface area (Å²) >= 11 is 1.87. The topological polar surface area (TPSA) is 38.7 Å². The summed E-state index contributed by atoms with van der Waals surface area (Å²) in [5, 5.41) is 5.07.